The number of benzene rings is 1. The molecule has 1 saturated heterocycles. The zero-order valence-electron chi connectivity index (χ0n) is 16.9. The fourth-order valence-corrected chi connectivity index (χ4v) is 4.09. The van der Waals surface area contributed by atoms with Crippen molar-refractivity contribution in [1.29, 1.82) is 0 Å². The zero-order valence-corrected chi connectivity index (χ0v) is 17.6. The van der Waals surface area contributed by atoms with Crippen LogP contribution in [0.2, 0.25) is 0 Å². The number of likely N-dealkylation sites (tertiary alicyclic amines) is 1. The fourth-order valence-electron chi connectivity index (χ4n) is 3.84. The average Bonchev–Trinajstić information content (AvgIpc) is 3.13. The Labute approximate surface area is 171 Å². The second kappa shape index (κ2) is 9.92. The van der Waals surface area contributed by atoms with Crippen molar-refractivity contribution in [2.24, 2.45) is 5.41 Å². The Morgan fingerprint density at radius 1 is 1.11 bits per heavy atom. The molecule has 0 saturated carbocycles. The van der Waals surface area contributed by atoms with E-state index in [-0.39, 0.29) is 19.1 Å². The number of carbonyl (C=O) groups excluding carboxylic acids is 3. The number of esters is 1. The van der Waals surface area contributed by atoms with Crippen LogP contribution in [0.4, 0.5) is 10.5 Å². The number of fused-ring (bicyclic) bond motifs is 1. The second-order valence-electron chi connectivity index (χ2n) is 6.83. The van der Waals surface area contributed by atoms with E-state index in [4.69, 9.17) is 16.3 Å². The Balaban J connectivity index is 0.00000136. The molecule has 0 aliphatic carbocycles. The lowest BCUT2D eigenvalue weighted by atomic mass is 9.76. The predicted molar refractivity (Wildman–Crippen MR) is 110 cm³/mol. The van der Waals surface area contributed by atoms with Gasteiger partial charge in [-0.2, -0.15) is 0 Å². The summed E-state index contributed by atoms with van der Waals surface area (Å²) in [5.41, 5.74) is 1.20. The third-order valence-electron chi connectivity index (χ3n) is 5.29. The van der Waals surface area contributed by atoms with Gasteiger partial charge >= 0.3 is 12.0 Å². The van der Waals surface area contributed by atoms with Gasteiger partial charge in [0, 0.05) is 31.7 Å². The number of hydrogen-bond acceptors (Lipinski definition) is 4. The van der Waals surface area contributed by atoms with Crippen molar-refractivity contribution >= 4 is 34.5 Å². The summed E-state index contributed by atoms with van der Waals surface area (Å²) in [6.07, 6.45) is 1.56. The highest BCUT2D eigenvalue weighted by Gasteiger charge is 2.45. The molecule has 0 N–H and O–H groups in total. The van der Waals surface area contributed by atoms with Gasteiger partial charge in [-0.1, -0.05) is 32.0 Å². The lowest BCUT2D eigenvalue weighted by molar-refractivity contribution is -0.159. The van der Waals surface area contributed by atoms with Crippen molar-refractivity contribution in [1.82, 2.24) is 4.90 Å². The highest BCUT2D eigenvalue weighted by molar-refractivity contribution is 6.63. The van der Waals surface area contributed by atoms with Gasteiger partial charge < -0.3 is 9.64 Å². The molecule has 2 amide bonds. The van der Waals surface area contributed by atoms with Crippen LogP contribution in [0.1, 0.15) is 45.6 Å². The van der Waals surface area contributed by atoms with Crippen molar-refractivity contribution in [2.45, 2.75) is 46.5 Å². The smallest absolute Gasteiger partial charge is 0.324 e. The fraction of sp³-hybridized carbons (Fsp3) is 0.571. The van der Waals surface area contributed by atoms with E-state index in [9.17, 15) is 14.4 Å². The van der Waals surface area contributed by atoms with Gasteiger partial charge in [0.25, 0.3) is 0 Å². The van der Waals surface area contributed by atoms with Crippen LogP contribution in [-0.2, 0) is 20.7 Å². The molecule has 0 atom stereocenters. The van der Waals surface area contributed by atoms with Gasteiger partial charge in [-0.05, 0) is 49.4 Å². The van der Waals surface area contributed by atoms with Gasteiger partial charge in [-0.15, -0.1) is 0 Å². The molecule has 2 heterocycles. The Hall–Kier alpha value is -2.08. The molecule has 7 heteroatoms. The lowest BCUT2D eigenvalue weighted by Gasteiger charge is -2.40. The number of carbonyl (C=O) groups is 3. The average molecular weight is 409 g/mol. The number of piperidine rings is 1. The third-order valence-corrected chi connectivity index (χ3v) is 5.43. The molecule has 154 valence electrons. The number of anilines is 1. The number of ether oxygens (including phenoxy) is 1. The monoisotopic (exact) mass is 408 g/mol. The van der Waals surface area contributed by atoms with Crippen molar-refractivity contribution in [3.63, 3.8) is 0 Å². The minimum Gasteiger partial charge on any atom is -0.466 e. The molecule has 6 nitrogen and oxygen atoms in total. The van der Waals surface area contributed by atoms with Crippen molar-refractivity contribution < 1.29 is 19.1 Å². The van der Waals surface area contributed by atoms with Crippen LogP contribution >= 0.6 is 11.6 Å². The summed E-state index contributed by atoms with van der Waals surface area (Å²) in [5, 5.41) is -0.550. The molecule has 2 aliphatic heterocycles. The molecule has 3 rings (SSSR count). The van der Waals surface area contributed by atoms with Gasteiger partial charge in [-0.25, -0.2) is 4.79 Å². The minimum atomic E-state index is -0.922. The van der Waals surface area contributed by atoms with E-state index >= 15 is 0 Å². The van der Waals surface area contributed by atoms with Crippen LogP contribution in [0.25, 0.3) is 0 Å². The quantitative estimate of drug-likeness (QED) is 0.558. The Kier molecular flexibility index (Phi) is 7.87. The van der Waals surface area contributed by atoms with Gasteiger partial charge in [0.2, 0.25) is 5.24 Å². The molecule has 2 aliphatic rings. The Morgan fingerprint density at radius 3 is 2.36 bits per heavy atom. The van der Waals surface area contributed by atoms with Gasteiger partial charge in [-0.3, -0.25) is 14.5 Å². The van der Waals surface area contributed by atoms with Crippen LogP contribution in [0.3, 0.4) is 0 Å². The minimum absolute atomic E-state index is 0.0513. The van der Waals surface area contributed by atoms with Crippen molar-refractivity contribution in [3.05, 3.63) is 29.8 Å². The van der Waals surface area contributed by atoms with E-state index in [1.54, 1.807) is 16.7 Å². The number of halogens is 1. The number of rotatable bonds is 4. The lowest BCUT2D eigenvalue weighted by Crippen LogP contribution is -2.51. The number of amides is 2. The Bertz CT molecular complexity index is 714. The van der Waals surface area contributed by atoms with Crippen LogP contribution < -0.4 is 4.90 Å². The van der Waals surface area contributed by atoms with Crippen LogP contribution in [-0.4, -0.2) is 48.4 Å². The summed E-state index contributed by atoms with van der Waals surface area (Å²) in [6.45, 7) is 7.46. The Morgan fingerprint density at radius 2 is 1.75 bits per heavy atom. The van der Waals surface area contributed by atoms with E-state index in [0.717, 1.165) is 12.1 Å². The summed E-state index contributed by atoms with van der Waals surface area (Å²) in [5.74, 6) is -0.396. The van der Waals surface area contributed by atoms with Gasteiger partial charge in [0.15, 0.2) is 0 Å². The summed E-state index contributed by atoms with van der Waals surface area (Å²) in [4.78, 5) is 40.3. The second-order valence-corrected chi connectivity index (χ2v) is 7.25. The SMILES string of the molecule is CC.CCOC(=O)C1(CC(=O)Cl)CCN(C(=O)N2CCc3ccccc32)CC1. The van der Waals surface area contributed by atoms with Crippen LogP contribution in [0.5, 0.6) is 0 Å². The molecule has 0 aromatic heterocycles. The molecular weight excluding hydrogens is 380 g/mol. The highest BCUT2D eigenvalue weighted by atomic mass is 35.5. The summed E-state index contributed by atoms with van der Waals surface area (Å²) in [6, 6.07) is 7.85. The number of nitrogens with zero attached hydrogens (tertiary/aromatic N) is 2. The van der Waals surface area contributed by atoms with Gasteiger partial charge in [0.05, 0.1) is 12.0 Å². The largest absolute Gasteiger partial charge is 0.466 e. The van der Waals surface area contributed by atoms with Crippen LogP contribution in [0, 0.1) is 5.41 Å². The molecule has 0 bridgehead atoms. The first-order valence-corrected chi connectivity index (χ1v) is 10.3. The molecule has 1 aromatic carbocycles. The van der Waals surface area contributed by atoms with E-state index < -0.39 is 16.6 Å². The maximum Gasteiger partial charge on any atom is 0.324 e. The van der Waals surface area contributed by atoms with Crippen molar-refractivity contribution in [2.75, 3.05) is 31.1 Å². The first-order valence-electron chi connectivity index (χ1n) is 9.97. The standard InChI is InChI=1S/C19H23ClN2O4.C2H6/c1-2-26-17(24)19(13-16(20)23)8-11-21(12-9-19)18(25)22-10-7-14-5-3-4-6-15(14)22;1-2/h3-6H,2,7-13H2,1H3;1-2H3. The summed E-state index contributed by atoms with van der Waals surface area (Å²) < 4.78 is 5.16. The molecule has 1 fully saturated rings. The first kappa shape index (κ1) is 22.2. The topological polar surface area (TPSA) is 66.9 Å². The predicted octanol–water partition coefficient (Wildman–Crippen LogP) is 4.00. The summed E-state index contributed by atoms with van der Waals surface area (Å²) in [7, 11) is 0. The van der Waals surface area contributed by atoms with E-state index in [2.05, 4.69) is 0 Å². The molecule has 1 aromatic rings. The number of hydrogen-bond donors (Lipinski definition) is 0. The highest BCUT2D eigenvalue weighted by Crippen LogP contribution is 2.38. The maximum absolute atomic E-state index is 12.9. The van der Waals surface area contributed by atoms with Crippen LogP contribution in [0.15, 0.2) is 24.3 Å². The molecule has 0 unspecified atom stereocenters. The zero-order chi connectivity index (χ0) is 20.7. The van der Waals surface area contributed by atoms with E-state index in [1.807, 2.05) is 38.1 Å². The van der Waals surface area contributed by atoms with Gasteiger partial charge in [0.1, 0.15) is 0 Å². The normalized spacial score (nSPS) is 17.3. The van der Waals surface area contributed by atoms with E-state index in [1.165, 1.54) is 5.56 Å². The summed E-state index contributed by atoms with van der Waals surface area (Å²) >= 11 is 5.57. The van der Waals surface area contributed by atoms with E-state index in [0.29, 0.717) is 32.5 Å². The maximum atomic E-state index is 12.9. The molecular formula is C21H29ClN2O4. The first-order chi connectivity index (χ1) is 13.5. The molecule has 0 radical (unpaired) electrons. The third kappa shape index (κ3) is 4.66. The number of para-hydroxylation sites is 1. The molecule has 28 heavy (non-hydrogen) atoms. The number of urea groups is 1. The molecule has 0 spiro atoms. The van der Waals surface area contributed by atoms with Crippen molar-refractivity contribution in [3.8, 4) is 0 Å².